The van der Waals surface area contributed by atoms with Gasteiger partial charge in [-0.1, -0.05) is 12.2 Å². The van der Waals surface area contributed by atoms with Crippen molar-refractivity contribution in [3.05, 3.63) is 36.0 Å². The normalized spacial score (nSPS) is 25.3. The van der Waals surface area contributed by atoms with Gasteiger partial charge in [-0.05, 0) is 17.7 Å². The van der Waals surface area contributed by atoms with Crippen LogP contribution in [-0.4, -0.2) is 24.8 Å². The summed E-state index contributed by atoms with van der Waals surface area (Å²) in [7, 11) is 1.60. The molecule has 1 atom stereocenters. The van der Waals surface area contributed by atoms with E-state index in [1.807, 2.05) is 18.2 Å². The summed E-state index contributed by atoms with van der Waals surface area (Å²) in [6, 6.07) is 0. The van der Waals surface area contributed by atoms with Gasteiger partial charge in [0.05, 0.1) is 5.71 Å². The minimum absolute atomic E-state index is 0.186. The topological polar surface area (TPSA) is 38.7 Å². The lowest BCUT2D eigenvalue weighted by molar-refractivity contribution is -0.113. The number of fused-ring (bicyclic) bond motifs is 1. The second-order valence-electron chi connectivity index (χ2n) is 2.83. The van der Waals surface area contributed by atoms with Crippen molar-refractivity contribution in [3.63, 3.8) is 0 Å². The lowest BCUT2D eigenvalue weighted by Crippen LogP contribution is -2.26. The Hall–Kier alpha value is -1.48. The monoisotopic (exact) mass is 175 g/mol. The maximum atomic E-state index is 11.0. The largest absolute Gasteiger partial charge is 0.371 e. The highest BCUT2D eigenvalue weighted by molar-refractivity contribution is 6.16. The smallest absolute Gasteiger partial charge is 0.270 e. The molecule has 13 heavy (non-hydrogen) atoms. The van der Waals surface area contributed by atoms with E-state index in [0.717, 1.165) is 5.57 Å². The minimum Gasteiger partial charge on any atom is -0.371 e. The van der Waals surface area contributed by atoms with Gasteiger partial charge in [-0.25, -0.2) is 4.99 Å². The summed E-state index contributed by atoms with van der Waals surface area (Å²) >= 11 is 0. The van der Waals surface area contributed by atoms with Gasteiger partial charge in [0.1, 0.15) is 6.10 Å². The zero-order valence-corrected chi connectivity index (χ0v) is 7.23. The van der Waals surface area contributed by atoms with Crippen molar-refractivity contribution < 1.29 is 9.53 Å². The predicted molar refractivity (Wildman–Crippen MR) is 49.6 cm³/mol. The molecule has 0 spiro atoms. The lowest BCUT2D eigenvalue weighted by atomic mass is 9.97. The number of rotatable bonds is 1. The molecule has 0 aromatic rings. The molecule has 0 radical (unpaired) electrons. The highest BCUT2D eigenvalue weighted by atomic mass is 16.5. The molecule has 2 rings (SSSR count). The van der Waals surface area contributed by atoms with Gasteiger partial charge in [-0.15, -0.1) is 0 Å². The Bertz CT molecular complexity index is 361. The molecule has 0 fully saturated rings. The number of amides is 1. The van der Waals surface area contributed by atoms with Crippen LogP contribution in [0.4, 0.5) is 0 Å². The van der Waals surface area contributed by atoms with E-state index in [2.05, 4.69) is 4.99 Å². The first-order valence-electron chi connectivity index (χ1n) is 4.03. The van der Waals surface area contributed by atoms with E-state index in [4.69, 9.17) is 4.74 Å². The van der Waals surface area contributed by atoms with Gasteiger partial charge in [0, 0.05) is 13.2 Å². The van der Waals surface area contributed by atoms with E-state index in [0.29, 0.717) is 5.71 Å². The van der Waals surface area contributed by atoms with Gasteiger partial charge in [-0.3, -0.25) is 4.79 Å². The summed E-state index contributed by atoms with van der Waals surface area (Å²) in [6.07, 6.45) is 8.73. The maximum absolute atomic E-state index is 11.0. The van der Waals surface area contributed by atoms with E-state index in [9.17, 15) is 4.79 Å². The van der Waals surface area contributed by atoms with Crippen LogP contribution in [0.3, 0.4) is 0 Å². The SMILES string of the molecule is COC1C=CC=C2C=CC(=O)N=C21. The van der Waals surface area contributed by atoms with Gasteiger partial charge in [0.15, 0.2) is 0 Å². The van der Waals surface area contributed by atoms with E-state index in [1.54, 1.807) is 13.2 Å². The summed E-state index contributed by atoms with van der Waals surface area (Å²) in [5, 5.41) is 0. The molecule has 1 heterocycles. The average Bonchev–Trinajstić information content (AvgIpc) is 2.17. The lowest BCUT2D eigenvalue weighted by Gasteiger charge is -2.19. The van der Waals surface area contributed by atoms with Crippen molar-refractivity contribution >= 4 is 11.6 Å². The third kappa shape index (κ3) is 1.38. The van der Waals surface area contributed by atoms with Crippen LogP contribution < -0.4 is 0 Å². The average molecular weight is 175 g/mol. The molecule has 0 saturated carbocycles. The number of ether oxygens (including phenoxy) is 1. The van der Waals surface area contributed by atoms with Crippen LogP contribution in [-0.2, 0) is 9.53 Å². The highest BCUT2D eigenvalue weighted by Crippen LogP contribution is 2.17. The molecule has 0 aromatic heterocycles. The first kappa shape index (κ1) is 8.13. The molecule has 2 aliphatic rings. The molecule has 0 saturated heterocycles. The van der Waals surface area contributed by atoms with Crippen molar-refractivity contribution in [3.8, 4) is 0 Å². The number of nitrogens with zero attached hydrogens (tertiary/aromatic N) is 1. The maximum Gasteiger partial charge on any atom is 0.270 e. The molecule has 0 N–H and O–H groups in total. The molecular weight excluding hydrogens is 166 g/mol. The van der Waals surface area contributed by atoms with E-state index in [-0.39, 0.29) is 12.0 Å². The van der Waals surface area contributed by atoms with Gasteiger partial charge < -0.3 is 4.74 Å². The van der Waals surface area contributed by atoms with Crippen LogP contribution in [0.15, 0.2) is 40.9 Å². The number of hydrogen-bond donors (Lipinski definition) is 0. The van der Waals surface area contributed by atoms with Crippen LogP contribution in [0.2, 0.25) is 0 Å². The van der Waals surface area contributed by atoms with Crippen molar-refractivity contribution in [2.45, 2.75) is 6.10 Å². The Balaban J connectivity index is 2.40. The molecule has 1 amide bonds. The Labute approximate surface area is 76.1 Å². The van der Waals surface area contributed by atoms with E-state index >= 15 is 0 Å². The standard InChI is InChI=1S/C10H9NO2/c1-13-8-4-2-3-7-5-6-9(12)11-10(7)8/h2-6,8H,1H3. The fourth-order valence-electron chi connectivity index (χ4n) is 1.38. The molecule has 66 valence electrons. The highest BCUT2D eigenvalue weighted by Gasteiger charge is 2.21. The number of methoxy groups -OCH3 is 1. The Morgan fingerprint density at radius 2 is 2.31 bits per heavy atom. The quantitative estimate of drug-likeness (QED) is 0.597. The summed E-state index contributed by atoms with van der Waals surface area (Å²) in [4.78, 5) is 14.9. The summed E-state index contributed by atoms with van der Waals surface area (Å²) in [5.74, 6) is -0.218. The number of allylic oxidation sites excluding steroid dienone is 3. The van der Waals surface area contributed by atoms with Gasteiger partial charge in [-0.2, -0.15) is 0 Å². The zero-order valence-electron chi connectivity index (χ0n) is 7.23. The Morgan fingerprint density at radius 3 is 3.08 bits per heavy atom. The van der Waals surface area contributed by atoms with Gasteiger partial charge in [0.25, 0.3) is 5.91 Å². The summed E-state index contributed by atoms with van der Waals surface area (Å²) < 4.78 is 5.16. The van der Waals surface area contributed by atoms with Gasteiger partial charge in [0.2, 0.25) is 0 Å². The van der Waals surface area contributed by atoms with Crippen molar-refractivity contribution in [1.29, 1.82) is 0 Å². The third-order valence-corrected chi connectivity index (χ3v) is 2.02. The molecule has 1 unspecified atom stereocenters. The zero-order chi connectivity index (χ0) is 9.26. The minimum atomic E-state index is -0.218. The summed E-state index contributed by atoms with van der Waals surface area (Å²) in [5.41, 5.74) is 1.66. The van der Waals surface area contributed by atoms with Crippen molar-refractivity contribution in [1.82, 2.24) is 0 Å². The van der Waals surface area contributed by atoms with E-state index in [1.165, 1.54) is 6.08 Å². The Morgan fingerprint density at radius 1 is 1.46 bits per heavy atom. The number of hydrogen-bond acceptors (Lipinski definition) is 2. The molecular formula is C10H9NO2. The second kappa shape index (κ2) is 3.11. The number of carbonyl (C=O) groups is 1. The van der Waals surface area contributed by atoms with Crippen LogP contribution in [0.5, 0.6) is 0 Å². The van der Waals surface area contributed by atoms with E-state index < -0.39 is 0 Å². The first-order chi connectivity index (χ1) is 6.31. The molecule has 0 aromatic carbocycles. The predicted octanol–water partition coefficient (Wildman–Crippen LogP) is 1.04. The number of carbonyl (C=O) groups excluding carboxylic acids is 1. The van der Waals surface area contributed by atoms with Crippen LogP contribution >= 0.6 is 0 Å². The molecule has 1 aliphatic carbocycles. The van der Waals surface area contributed by atoms with Crippen molar-refractivity contribution in [2.75, 3.05) is 7.11 Å². The van der Waals surface area contributed by atoms with Crippen LogP contribution in [0.1, 0.15) is 0 Å². The third-order valence-electron chi connectivity index (χ3n) is 2.02. The second-order valence-corrected chi connectivity index (χ2v) is 2.83. The van der Waals surface area contributed by atoms with Crippen LogP contribution in [0, 0.1) is 0 Å². The molecule has 3 heteroatoms. The number of aliphatic imine (C=N–C) groups is 1. The fourth-order valence-corrected chi connectivity index (χ4v) is 1.38. The Kier molecular flexibility index (Phi) is 1.94. The number of dihydropyridines is 1. The van der Waals surface area contributed by atoms with Crippen LogP contribution in [0.25, 0.3) is 0 Å². The first-order valence-corrected chi connectivity index (χ1v) is 4.03. The van der Waals surface area contributed by atoms with Crippen molar-refractivity contribution in [2.24, 2.45) is 4.99 Å². The fraction of sp³-hybridized carbons (Fsp3) is 0.200. The molecule has 1 aliphatic heterocycles. The summed E-state index contributed by atoms with van der Waals surface area (Å²) in [6.45, 7) is 0. The molecule has 0 bridgehead atoms. The van der Waals surface area contributed by atoms with Gasteiger partial charge >= 0.3 is 0 Å². The molecule has 3 nitrogen and oxygen atoms in total.